The zero-order valence-electron chi connectivity index (χ0n) is 8.97. The van der Waals surface area contributed by atoms with Gasteiger partial charge >= 0.3 is 0 Å². The van der Waals surface area contributed by atoms with Gasteiger partial charge in [-0.15, -0.1) is 0 Å². The molecule has 0 aromatic heterocycles. The van der Waals surface area contributed by atoms with Crippen LogP contribution in [0.3, 0.4) is 0 Å². The van der Waals surface area contributed by atoms with E-state index in [0.29, 0.717) is 0 Å². The lowest BCUT2D eigenvalue weighted by atomic mass is 10.1. The van der Waals surface area contributed by atoms with Gasteiger partial charge in [-0.1, -0.05) is 55.8 Å². The molecule has 0 fully saturated rings. The summed E-state index contributed by atoms with van der Waals surface area (Å²) >= 11 is 0. The Morgan fingerprint density at radius 3 is 2.50 bits per heavy atom. The number of hydrogen-bond acceptors (Lipinski definition) is 0. The molecule has 0 N–H and O–H groups in total. The molecule has 14 heavy (non-hydrogen) atoms. The molecule has 0 aliphatic heterocycles. The Kier molecular flexibility index (Phi) is 6.85. The maximum Gasteiger partial charge on any atom is 0.00922 e. The molecule has 0 amide bonds. The maximum atomic E-state index is 3.17. The lowest BCUT2D eigenvalue weighted by molar-refractivity contribution is 0.602. The minimum absolute atomic E-state index is 1.06. The van der Waals surface area contributed by atoms with Crippen molar-refractivity contribution in [2.24, 2.45) is 0 Å². The molecule has 0 unspecified atom stereocenters. The highest BCUT2D eigenvalue weighted by molar-refractivity contribution is 5.19. The quantitative estimate of drug-likeness (QED) is 0.499. The summed E-state index contributed by atoms with van der Waals surface area (Å²) in [5, 5.41) is 0. The van der Waals surface area contributed by atoms with Crippen molar-refractivity contribution in [1.29, 1.82) is 0 Å². The van der Waals surface area contributed by atoms with Crippen molar-refractivity contribution in [1.82, 2.24) is 0 Å². The topological polar surface area (TPSA) is 0 Å². The van der Waals surface area contributed by atoms with Gasteiger partial charge in [0, 0.05) is 6.42 Å². The zero-order valence-corrected chi connectivity index (χ0v) is 8.97. The molecule has 0 nitrogen and oxygen atoms in total. The van der Waals surface area contributed by atoms with Crippen molar-refractivity contribution in [3.63, 3.8) is 0 Å². The van der Waals surface area contributed by atoms with Crippen molar-refractivity contribution in [2.45, 2.75) is 51.4 Å². The average Bonchev–Trinajstić information content (AvgIpc) is 2.22. The van der Waals surface area contributed by atoms with Crippen LogP contribution in [-0.4, -0.2) is 0 Å². The summed E-state index contributed by atoms with van der Waals surface area (Å²) in [5.41, 5.74) is 0. The van der Waals surface area contributed by atoms with Crippen molar-refractivity contribution < 1.29 is 0 Å². The molecule has 76 valence electrons. The van der Waals surface area contributed by atoms with E-state index in [4.69, 9.17) is 0 Å². The second-order valence-electron chi connectivity index (χ2n) is 3.77. The molecule has 0 bridgehead atoms. The van der Waals surface area contributed by atoms with E-state index in [1.807, 2.05) is 12.2 Å². The average molecular weight is 188 g/mol. The molecule has 0 heterocycles. The number of allylic oxidation sites excluding steroid dienone is 4. The van der Waals surface area contributed by atoms with E-state index in [1.54, 1.807) is 0 Å². The van der Waals surface area contributed by atoms with Gasteiger partial charge in [0.1, 0.15) is 0 Å². The predicted octanol–water partition coefficient (Wildman–Crippen LogP) is 4.24. The number of rotatable bonds is 0. The summed E-state index contributed by atoms with van der Waals surface area (Å²) in [4.78, 5) is 0. The minimum Gasteiger partial charge on any atom is -0.0985 e. The van der Waals surface area contributed by atoms with Crippen LogP contribution in [0.2, 0.25) is 0 Å². The van der Waals surface area contributed by atoms with Gasteiger partial charge in [0.2, 0.25) is 0 Å². The predicted molar refractivity (Wildman–Crippen MR) is 63.0 cm³/mol. The SMILES string of the molecule is C1#CCCCCCCCC/C=C/C=C\1. The molecule has 0 spiro atoms. The molecular weight excluding hydrogens is 168 g/mol. The molecule has 1 rings (SSSR count). The fraction of sp³-hybridized carbons (Fsp3) is 0.571. The van der Waals surface area contributed by atoms with E-state index in [9.17, 15) is 0 Å². The summed E-state index contributed by atoms with van der Waals surface area (Å²) < 4.78 is 0. The standard InChI is InChI=1S/C14H20/c1-2-4-6-8-10-12-14-13-11-9-7-5-3-1/h1-4H,5,7,9-14H2/b3-1+,4-2-. The zero-order chi connectivity index (χ0) is 9.90. The third kappa shape index (κ3) is 6.54. The van der Waals surface area contributed by atoms with Crippen LogP contribution in [0.15, 0.2) is 24.3 Å². The van der Waals surface area contributed by atoms with Crippen LogP contribution in [0.1, 0.15) is 51.4 Å². The van der Waals surface area contributed by atoms with Gasteiger partial charge in [-0.25, -0.2) is 0 Å². The van der Waals surface area contributed by atoms with Crippen molar-refractivity contribution >= 4 is 0 Å². The Hall–Kier alpha value is -0.960. The molecule has 0 heteroatoms. The second kappa shape index (κ2) is 8.63. The van der Waals surface area contributed by atoms with Gasteiger partial charge in [0.15, 0.2) is 0 Å². The van der Waals surface area contributed by atoms with Crippen LogP contribution < -0.4 is 0 Å². The van der Waals surface area contributed by atoms with Crippen molar-refractivity contribution in [3.05, 3.63) is 24.3 Å². The Labute approximate surface area is 88.1 Å². The highest BCUT2D eigenvalue weighted by Crippen LogP contribution is 2.08. The first kappa shape index (κ1) is 11.1. The molecule has 1 aliphatic carbocycles. The van der Waals surface area contributed by atoms with Crippen LogP contribution in [0.4, 0.5) is 0 Å². The second-order valence-corrected chi connectivity index (χ2v) is 3.77. The van der Waals surface area contributed by atoms with Crippen LogP contribution in [0.25, 0.3) is 0 Å². The summed E-state index contributed by atoms with van der Waals surface area (Å²) in [6.07, 6.45) is 18.8. The van der Waals surface area contributed by atoms with Crippen molar-refractivity contribution in [3.8, 4) is 11.8 Å². The molecule has 0 aromatic rings. The Bertz CT molecular complexity index is 234. The normalized spacial score (nSPS) is 24.0. The van der Waals surface area contributed by atoms with E-state index < -0.39 is 0 Å². The molecule has 1 aliphatic rings. The Balaban J connectivity index is 2.30. The Morgan fingerprint density at radius 2 is 1.57 bits per heavy atom. The minimum atomic E-state index is 1.06. The third-order valence-electron chi connectivity index (χ3n) is 2.45. The van der Waals surface area contributed by atoms with Crippen LogP contribution in [0, 0.1) is 11.8 Å². The van der Waals surface area contributed by atoms with Gasteiger partial charge in [0.25, 0.3) is 0 Å². The van der Waals surface area contributed by atoms with Crippen LogP contribution >= 0.6 is 0 Å². The van der Waals surface area contributed by atoms with Crippen molar-refractivity contribution in [2.75, 3.05) is 0 Å². The maximum absolute atomic E-state index is 3.17. The first-order valence-electron chi connectivity index (χ1n) is 5.80. The monoisotopic (exact) mass is 188 g/mol. The fourth-order valence-electron chi connectivity index (χ4n) is 1.59. The summed E-state index contributed by atoms with van der Waals surface area (Å²) in [7, 11) is 0. The molecule has 0 aromatic carbocycles. The first-order valence-corrected chi connectivity index (χ1v) is 5.80. The van der Waals surface area contributed by atoms with Gasteiger partial charge < -0.3 is 0 Å². The largest absolute Gasteiger partial charge is 0.0985 e. The highest BCUT2D eigenvalue weighted by Gasteiger charge is 1.89. The van der Waals surface area contributed by atoms with Crippen LogP contribution in [0.5, 0.6) is 0 Å². The van der Waals surface area contributed by atoms with Gasteiger partial charge in [-0.05, 0) is 25.3 Å². The molecular formula is C14H20. The van der Waals surface area contributed by atoms with E-state index in [2.05, 4.69) is 24.0 Å². The highest BCUT2D eigenvalue weighted by atomic mass is 14.0. The van der Waals surface area contributed by atoms with Gasteiger partial charge in [-0.3, -0.25) is 0 Å². The van der Waals surface area contributed by atoms with Gasteiger partial charge in [0.05, 0.1) is 0 Å². The van der Waals surface area contributed by atoms with E-state index in [-0.39, 0.29) is 0 Å². The number of hydrogen-bond donors (Lipinski definition) is 0. The molecule has 0 radical (unpaired) electrons. The lowest BCUT2D eigenvalue weighted by Gasteiger charge is -1.98. The summed E-state index contributed by atoms with van der Waals surface area (Å²) in [5.74, 6) is 6.23. The van der Waals surface area contributed by atoms with E-state index in [0.717, 1.165) is 6.42 Å². The Morgan fingerprint density at radius 1 is 0.786 bits per heavy atom. The fourth-order valence-corrected chi connectivity index (χ4v) is 1.59. The van der Waals surface area contributed by atoms with Gasteiger partial charge in [-0.2, -0.15) is 0 Å². The summed E-state index contributed by atoms with van der Waals surface area (Å²) in [6, 6.07) is 0. The summed E-state index contributed by atoms with van der Waals surface area (Å²) in [6.45, 7) is 0. The third-order valence-corrected chi connectivity index (χ3v) is 2.45. The van der Waals surface area contributed by atoms with E-state index in [1.165, 1.54) is 44.9 Å². The molecule has 0 saturated heterocycles. The lowest BCUT2D eigenvalue weighted by Crippen LogP contribution is -1.79. The first-order chi connectivity index (χ1) is 7.00. The molecule has 0 saturated carbocycles. The van der Waals surface area contributed by atoms with E-state index >= 15 is 0 Å². The van der Waals surface area contributed by atoms with Crippen LogP contribution in [-0.2, 0) is 0 Å². The molecule has 0 atom stereocenters. The smallest absolute Gasteiger partial charge is 0.00922 e.